The van der Waals surface area contributed by atoms with Crippen LogP contribution in [-0.4, -0.2) is 36.9 Å². The van der Waals surface area contributed by atoms with E-state index in [1.54, 1.807) is 0 Å². The van der Waals surface area contributed by atoms with E-state index in [2.05, 4.69) is 38.3 Å². The van der Waals surface area contributed by atoms with Crippen LogP contribution in [0.15, 0.2) is 0 Å². The number of nitrogens with one attached hydrogen (secondary N) is 2. The van der Waals surface area contributed by atoms with Crippen molar-refractivity contribution in [3.05, 3.63) is 0 Å². The maximum absolute atomic E-state index is 9.13. The lowest BCUT2D eigenvalue weighted by atomic mass is 9.45. The molecule has 0 aromatic heterocycles. The van der Waals surface area contributed by atoms with Crippen molar-refractivity contribution in [2.75, 3.05) is 19.7 Å². The van der Waals surface area contributed by atoms with Crippen molar-refractivity contribution in [3.63, 3.8) is 0 Å². The van der Waals surface area contributed by atoms with E-state index in [4.69, 9.17) is 5.11 Å². The molecule has 3 aliphatic carbocycles. The molecule has 0 aromatic carbocycles. The minimum atomic E-state index is 0.245. The summed E-state index contributed by atoms with van der Waals surface area (Å²) in [5, 5.41) is 16.3. The van der Waals surface area contributed by atoms with Gasteiger partial charge in [0.05, 0.1) is 6.61 Å². The van der Waals surface area contributed by atoms with Crippen LogP contribution in [0.1, 0.15) is 47.0 Å². The van der Waals surface area contributed by atoms with Crippen LogP contribution < -0.4 is 10.6 Å². The van der Waals surface area contributed by atoms with Gasteiger partial charge in [0, 0.05) is 25.2 Å². The third kappa shape index (κ3) is 2.98. The Hall–Kier alpha value is -0.120. The molecule has 1 unspecified atom stereocenters. The van der Waals surface area contributed by atoms with E-state index in [0.29, 0.717) is 11.5 Å². The molecule has 112 valence electrons. The molecule has 3 heteroatoms. The fourth-order valence-corrected chi connectivity index (χ4v) is 4.29. The minimum absolute atomic E-state index is 0.245. The molecule has 0 aromatic rings. The van der Waals surface area contributed by atoms with E-state index < -0.39 is 0 Å². The number of hydrogen-bond acceptors (Lipinski definition) is 3. The first kappa shape index (κ1) is 15.3. The van der Waals surface area contributed by atoms with Gasteiger partial charge in [0.1, 0.15) is 0 Å². The number of aliphatic hydroxyl groups is 1. The largest absolute Gasteiger partial charge is 0.395 e. The van der Waals surface area contributed by atoms with Crippen LogP contribution in [0.2, 0.25) is 0 Å². The second-order valence-electron chi connectivity index (χ2n) is 7.26. The molecule has 5 atom stereocenters. The van der Waals surface area contributed by atoms with E-state index in [1.165, 1.54) is 12.8 Å². The number of hydrogen-bond donors (Lipinski definition) is 3. The van der Waals surface area contributed by atoms with E-state index in [-0.39, 0.29) is 12.6 Å². The van der Waals surface area contributed by atoms with Gasteiger partial charge in [0.2, 0.25) is 0 Å². The van der Waals surface area contributed by atoms with Gasteiger partial charge in [-0.25, -0.2) is 0 Å². The summed E-state index contributed by atoms with van der Waals surface area (Å²) in [7, 11) is 0. The number of rotatable bonds is 7. The van der Waals surface area contributed by atoms with Crippen LogP contribution in [0.5, 0.6) is 0 Å². The van der Waals surface area contributed by atoms with Crippen molar-refractivity contribution in [1.82, 2.24) is 10.6 Å². The van der Waals surface area contributed by atoms with Gasteiger partial charge in [-0.05, 0) is 42.4 Å². The first-order valence-corrected chi connectivity index (χ1v) is 8.08. The Labute approximate surface area is 118 Å². The molecule has 0 amide bonds. The Bertz CT molecular complexity index is 288. The lowest BCUT2D eigenvalue weighted by Gasteiger charge is -2.62. The highest BCUT2D eigenvalue weighted by molar-refractivity contribution is 5.06. The monoisotopic (exact) mass is 268 g/mol. The molecule has 2 bridgehead atoms. The summed E-state index contributed by atoms with van der Waals surface area (Å²) in [5.74, 6) is 2.65. The average Bonchev–Trinajstić information content (AvgIpc) is 2.39. The molecule has 3 nitrogen and oxygen atoms in total. The molecule has 0 spiro atoms. The fraction of sp³-hybridized carbons (Fsp3) is 1.00. The Morgan fingerprint density at radius 2 is 2.00 bits per heavy atom. The second kappa shape index (κ2) is 6.11. The maximum atomic E-state index is 9.13. The molecule has 0 saturated heterocycles. The highest BCUT2D eigenvalue weighted by Gasteiger charge is 2.55. The second-order valence-corrected chi connectivity index (χ2v) is 7.26. The van der Waals surface area contributed by atoms with Crippen LogP contribution in [0.4, 0.5) is 0 Å². The van der Waals surface area contributed by atoms with Gasteiger partial charge in [0.15, 0.2) is 0 Å². The first-order chi connectivity index (χ1) is 9.00. The Morgan fingerprint density at radius 1 is 1.26 bits per heavy atom. The highest BCUT2D eigenvalue weighted by atomic mass is 16.3. The molecule has 0 heterocycles. The smallest absolute Gasteiger partial charge is 0.0584 e. The van der Waals surface area contributed by atoms with Crippen molar-refractivity contribution in [2.24, 2.45) is 23.2 Å². The molecule has 3 N–H and O–H groups in total. The zero-order chi connectivity index (χ0) is 14.0. The molecule has 3 aliphatic rings. The Balaban J connectivity index is 1.68. The van der Waals surface area contributed by atoms with Crippen molar-refractivity contribution in [2.45, 2.75) is 59.0 Å². The van der Waals surface area contributed by atoms with Crippen molar-refractivity contribution in [1.29, 1.82) is 0 Å². The third-order valence-electron chi connectivity index (χ3n) is 6.03. The van der Waals surface area contributed by atoms with Gasteiger partial charge in [-0.3, -0.25) is 0 Å². The van der Waals surface area contributed by atoms with Crippen LogP contribution in [0.3, 0.4) is 0 Å². The molecule has 0 radical (unpaired) electrons. The topological polar surface area (TPSA) is 44.3 Å². The molecular formula is C16H32N2O. The van der Waals surface area contributed by atoms with Gasteiger partial charge in [-0.2, -0.15) is 0 Å². The summed E-state index contributed by atoms with van der Waals surface area (Å²) in [4.78, 5) is 0. The summed E-state index contributed by atoms with van der Waals surface area (Å²) in [6, 6.07) is 0.964. The summed E-state index contributed by atoms with van der Waals surface area (Å²) < 4.78 is 0. The Kier molecular flexibility index (Phi) is 4.91. The van der Waals surface area contributed by atoms with E-state index in [0.717, 1.165) is 37.3 Å². The molecule has 3 saturated carbocycles. The maximum Gasteiger partial charge on any atom is 0.0584 e. The normalized spacial score (nSPS) is 37.7. The number of fused-ring (bicyclic) bond motifs is 2. The summed E-state index contributed by atoms with van der Waals surface area (Å²) in [6.07, 6.45) is 3.80. The molecule has 0 aliphatic heterocycles. The van der Waals surface area contributed by atoms with E-state index in [9.17, 15) is 0 Å². The SMILES string of the molecule is CCC(CO)NCCN[C@@H]1C[C@@H]2C[C@H]([C@H]1C)C2(C)C. The zero-order valence-electron chi connectivity index (χ0n) is 13.1. The predicted octanol–water partition coefficient (Wildman–Crippen LogP) is 2.01. The zero-order valence-corrected chi connectivity index (χ0v) is 13.1. The number of aliphatic hydroxyl groups excluding tert-OH is 1. The van der Waals surface area contributed by atoms with E-state index >= 15 is 0 Å². The first-order valence-electron chi connectivity index (χ1n) is 8.08. The van der Waals surface area contributed by atoms with Crippen LogP contribution in [0, 0.1) is 23.2 Å². The van der Waals surface area contributed by atoms with Gasteiger partial charge in [-0.15, -0.1) is 0 Å². The molecule has 3 rings (SSSR count). The minimum Gasteiger partial charge on any atom is -0.395 e. The van der Waals surface area contributed by atoms with E-state index in [1.807, 2.05) is 0 Å². The standard InChI is InChI=1S/C16H32N2O/c1-5-13(10-19)17-6-7-18-15-9-12-8-14(11(15)2)16(12,3)4/h11-15,17-19H,5-10H2,1-4H3/t11-,12+,13?,14-,15-/m1/s1. The lowest BCUT2D eigenvalue weighted by molar-refractivity contribution is -0.114. The lowest BCUT2D eigenvalue weighted by Crippen LogP contribution is -2.60. The van der Waals surface area contributed by atoms with Gasteiger partial charge in [0.25, 0.3) is 0 Å². The van der Waals surface area contributed by atoms with Gasteiger partial charge in [-0.1, -0.05) is 27.7 Å². The molecule has 3 fully saturated rings. The van der Waals surface area contributed by atoms with Crippen molar-refractivity contribution >= 4 is 0 Å². The summed E-state index contributed by atoms with van der Waals surface area (Å²) in [5.41, 5.74) is 0.583. The quantitative estimate of drug-likeness (QED) is 0.619. The van der Waals surface area contributed by atoms with Gasteiger partial charge >= 0.3 is 0 Å². The Morgan fingerprint density at radius 3 is 2.53 bits per heavy atom. The van der Waals surface area contributed by atoms with Crippen LogP contribution in [-0.2, 0) is 0 Å². The van der Waals surface area contributed by atoms with Crippen molar-refractivity contribution in [3.8, 4) is 0 Å². The highest BCUT2D eigenvalue weighted by Crippen LogP contribution is 2.61. The third-order valence-corrected chi connectivity index (χ3v) is 6.03. The average molecular weight is 268 g/mol. The predicted molar refractivity (Wildman–Crippen MR) is 80.1 cm³/mol. The molecular weight excluding hydrogens is 236 g/mol. The van der Waals surface area contributed by atoms with Gasteiger partial charge < -0.3 is 15.7 Å². The fourth-order valence-electron chi connectivity index (χ4n) is 4.29. The van der Waals surface area contributed by atoms with Crippen LogP contribution in [0.25, 0.3) is 0 Å². The molecule has 19 heavy (non-hydrogen) atoms. The summed E-state index contributed by atoms with van der Waals surface area (Å²) >= 11 is 0. The summed E-state index contributed by atoms with van der Waals surface area (Å²) in [6.45, 7) is 11.7. The van der Waals surface area contributed by atoms with Crippen molar-refractivity contribution < 1.29 is 5.11 Å². The van der Waals surface area contributed by atoms with Crippen LogP contribution >= 0.6 is 0 Å².